The van der Waals surface area contributed by atoms with Crippen LogP contribution in [0.3, 0.4) is 0 Å². The fourth-order valence-corrected chi connectivity index (χ4v) is 10.9. The van der Waals surface area contributed by atoms with Gasteiger partial charge in [-0.15, -0.1) is 0 Å². The Hall–Kier alpha value is -7.54. The monoisotopic (exact) mass is 788 g/mol. The minimum atomic E-state index is -0.182. The van der Waals surface area contributed by atoms with Gasteiger partial charge in [0.1, 0.15) is 0 Å². The first-order chi connectivity index (χ1) is 30.5. The minimum absolute atomic E-state index is 0.182. The molecule has 1 aliphatic carbocycles. The summed E-state index contributed by atoms with van der Waals surface area (Å²) < 4.78 is 0. The van der Waals surface area contributed by atoms with Crippen LogP contribution in [0, 0.1) is 6.92 Å². The highest BCUT2D eigenvalue weighted by atomic mass is 14.4. The molecule has 62 heavy (non-hydrogen) atoms. The molecule has 0 heterocycles. The van der Waals surface area contributed by atoms with Gasteiger partial charge in [0.25, 0.3) is 0 Å². The summed E-state index contributed by atoms with van der Waals surface area (Å²) in [4.78, 5) is 0. The number of hydrogen-bond acceptors (Lipinski definition) is 0. The van der Waals surface area contributed by atoms with Gasteiger partial charge in [0.05, 0.1) is 0 Å². The van der Waals surface area contributed by atoms with Crippen molar-refractivity contribution in [2.45, 2.75) is 26.2 Å². The van der Waals surface area contributed by atoms with Crippen LogP contribution in [0.15, 0.2) is 212 Å². The Bertz CT molecular complexity index is 3470. The standard InChI is InChI=1S/C62H44/c1-39-36-43(60-52-26-14-10-22-48(52)58(40-18-6-4-7-19-40)49-23-11-15-27-53(49)60)31-33-45(39)42-30-34-46-47-35-32-44(38-57(47)62(2,3)56(46)37-42)61-54-28-16-12-24-50(54)59(41-20-8-5-9-21-41)51-25-13-17-29-55(51)61/h4-38H,1-3H3. The lowest BCUT2D eigenvalue weighted by Gasteiger charge is -2.24. The van der Waals surface area contributed by atoms with Crippen molar-refractivity contribution in [1.82, 2.24) is 0 Å². The van der Waals surface area contributed by atoms with Gasteiger partial charge in [-0.3, -0.25) is 0 Å². The molecular formula is C62H44. The van der Waals surface area contributed by atoms with Gasteiger partial charge in [0, 0.05) is 5.41 Å². The van der Waals surface area contributed by atoms with Crippen LogP contribution in [0.5, 0.6) is 0 Å². The zero-order valence-corrected chi connectivity index (χ0v) is 35.2. The normalized spacial score (nSPS) is 12.9. The molecule has 0 amide bonds. The van der Waals surface area contributed by atoms with Gasteiger partial charge in [0.15, 0.2) is 0 Å². The minimum Gasteiger partial charge on any atom is -0.0622 e. The van der Waals surface area contributed by atoms with Crippen molar-refractivity contribution in [3.63, 3.8) is 0 Å². The van der Waals surface area contributed by atoms with Crippen LogP contribution in [-0.4, -0.2) is 0 Å². The van der Waals surface area contributed by atoms with Gasteiger partial charge in [-0.25, -0.2) is 0 Å². The topological polar surface area (TPSA) is 0 Å². The molecule has 0 N–H and O–H groups in total. The van der Waals surface area contributed by atoms with E-state index in [9.17, 15) is 0 Å². The van der Waals surface area contributed by atoms with E-state index < -0.39 is 0 Å². The van der Waals surface area contributed by atoms with E-state index in [2.05, 4.69) is 233 Å². The van der Waals surface area contributed by atoms with E-state index in [1.807, 2.05) is 0 Å². The van der Waals surface area contributed by atoms with E-state index in [1.54, 1.807) is 0 Å². The summed E-state index contributed by atoms with van der Waals surface area (Å²) in [5.74, 6) is 0. The third-order valence-corrected chi connectivity index (χ3v) is 13.8. The predicted molar refractivity (Wildman–Crippen MR) is 266 cm³/mol. The van der Waals surface area contributed by atoms with Crippen LogP contribution in [0.1, 0.15) is 30.5 Å². The maximum atomic E-state index is 2.49. The van der Waals surface area contributed by atoms with Crippen LogP contribution >= 0.6 is 0 Å². The summed E-state index contributed by atoms with van der Waals surface area (Å²) in [5, 5.41) is 10.3. The number of rotatable bonds is 5. The first-order valence-electron chi connectivity index (χ1n) is 21.8. The van der Waals surface area contributed by atoms with E-state index in [0.29, 0.717) is 0 Å². The maximum absolute atomic E-state index is 2.49. The molecule has 0 nitrogen and oxygen atoms in total. The Morgan fingerprint density at radius 1 is 0.258 bits per heavy atom. The maximum Gasteiger partial charge on any atom is 0.0159 e. The lowest BCUT2D eigenvalue weighted by Crippen LogP contribution is -2.15. The fraction of sp³-hybridized carbons (Fsp3) is 0.0645. The van der Waals surface area contributed by atoms with Crippen molar-refractivity contribution in [1.29, 1.82) is 0 Å². The van der Waals surface area contributed by atoms with Crippen molar-refractivity contribution >= 4 is 43.1 Å². The molecule has 0 saturated heterocycles. The largest absolute Gasteiger partial charge is 0.0622 e. The fourth-order valence-electron chi connectivity index (χ4n) is 10.9. The molecule has 0 radical (unpaired) electrons. The van der Waals surface area contributed by atoms with Crippen molar-refractivity contribution in [3.05, 3.63) is 229 Å². The molecule has 0 bridgehead atoms. The second kappa shape index (κ2) is 14.0. The second-order valence-corrected chi connectivity index (χ2v) is 17.6. The van der Waals surface area contributed by atoms with Crippen LogP contribution in [-0.2, 0) is 5.41 Å². The zero-order valence-electron chi connectivity index (χ0n) is 35.2. The van der Waals surface area contributed by atoms with Crippen molar-refractivity contribution in [2.75, 3.05) is 0 Å². The Morgan fingerprint density at radius 3 is 0.919 bits per heavy atom. The molecule has 292 valence electrons. The summed E-state index contributed by atoms with van der Waals surface area (Å²) in [5.41, 5.74) is 19.3. The summed E-state index contributed by atoms with van der Waals surface area (Å²) in [7, 11) is 0. The molecule has 1 aliphatic rings. The zero-order chi connectivity index (χ0) is 41.5. The highest BCUT2D eigenvalue weighted by Gasteiger charge is 2.36. The van der Waals surface area contributed by atoms with Crippen LogP contribution in [0.25, 0.3) is 110 Å². The molecular weight excluding hydrogens is 745 g/mol. The molecule has 0 spiro atoms. The Kier molecular flexibility index (Phi) is 8.21. The van der Waals surface area contributed by atoms with Gasteiger partial charge >= 0.3 is 0 Å². The molecule has 11 aromatic rings. The highest BCUT2D eigenvalue weighted by Crippen LogP contribution is 2.53. The van der Waals surface area contributed by atoms with Crippen LogP contribution in [0.4, 0.5) is 0 Å². The predicted octanol–water partition coefficient (Wildman–Crippen LogP) is 17.2. The van der Waals surface area contributed by atoms with Crippen molar-refractivity contribution in [3.8, 4) is 66.8 Å². The number of aryl methyl sites for hydroxylation is 1. The first kappa shape index (κ1) is 36.3. The van der Waals surface area contributed by atoms with Gasteiger partial charge in [-0.1, -0.05) is 214 Å². The number of benzene rings is 11. The Balaban J connectivity index is 0.958. The van der Waals surface area contributed by atoms with E-state index in [4.69, 9.17) is 0 Å². The van der Waals surface area contributed by atoms with E-state index in [-0.39, 0.29) is 5.41 Å². The van der Waals surface area contributed by atoms with E-state index in [1.165, 1.54) is 127 Å². The quantitative estimate of drug-likeness (QED) is 0.152. The molecule has 0 unspecified atom stereocenters. The average molecular weight is 789 g/mol. The van der Waals surface area contributed by atoms with Gasteiger partial charge in [0.2, 0.25) is 0 Å². The first-order valence-corrected chi connectivity index (χ1v) is 21.8. The molecule has 0 aliphatic heterocycles. The molecule has 11 aromatic carbocycles. The van der Waals surface area contributed by atoms with Gasteiger partial charge in [-0.2, -0.15) is 0 Å². The average Bonchev–Trinajstić information content (AvgIpc) is 3.54. The molecule has 0 aromatic heterocycles. The lowest BCUT2D eigenvalue weighted by molar-refractivity contribution is 0.661. The smallest absolute Gasteiger partial charge is 0.0159 e. The number of hydrogen-bond donors (Lipinski definition) is 0. The summed E-state index contributed by atoms with van der Waals surface area (Å²) in [6.07, 6.45) is 0. The van der Waals surface area contributed by atoms with Gasteiger partial charge < -0.3 is 0 Å². The van der Waals surface area contributed by atoms with E-state index in [0.717, 1.165) is 0 Å². The van der Waals surface area contributed by atoms with Gasteiger partial charge in [-0.05, 0) is 146 Å². The molecule has 0 atom stereocenters. The van der Waals surface area contributed by atoms with E-state index >= 15 is 0 Å². The summed E-state index contributed by atoms with van der Waals surface area (Å²) in [6, 6.07) is 79.0. The summed E-state index contributed by atoms with van der Waals surface area (Å²) >= 11 is 0. The molecule has 12 rings (SSSR count). The Morgan fingerprint density at radius 2 is 0.548 bits per heavy atom. The Labute approximate surface area is 363 Å². The van der Waals surface area contributed by atoms with Crippen LogP contribution < -0.4 is 0 Å². The summed E-state index contributed by atoms with van der Waals surface area (Å²) in [6.45, 7) is 7.09. The molecule has 0 fully saturated rings. The van der Waals surface area contributed by atoms with Crippen molar-refractivity contribution in [2.24, 2.45) is 0 Å². The second-order valence-electron chi connectivity index (χ2n) is 17.6. The SMILES string of the molecule is Cc1cc(-c2c3ccccc3c(-c3ccccc3)c3ccccc23)ccc1-c1ccc2c(c1)C(C)(C)c1cc(-c3c4ccccc4c(-c4ccccc4)c4ccccc34)ccc1-2. The number of fused-ring (bicyclic) bond motifs is 7. The van der Waals surface area contributed by atoms with Crippen LogP contribution in [0.2, 0.25) is 0 Å². The van der Waals surface area contributed by atoms with Crippen molar-refractivity contribution < 1.29 is 0 Å². The molecule has 0 saturated carbocycles. The highest BCUT2D eigenvalue weighted by molar-refractivity contribution is 6.23. The molecule has 0 heteroatoms. The lowest BCUT2D eigenvalue weighted by atomic mass is 9.79. The third-order valence-electron chi connectivity index (χ3n) is 13.8. The third kappa shape index (κ3) is 5.46.